The molecule has 0 aliphatic heterocycles. The van der Waals surface area contributed by atoms with Gasteiger partial charge in [0.2, 0.25) is 5.91 Å². The van der Waals surface area contributed by atoms with Crippen LogP contribution in [-0.2, 0) is 10.2 Å². The Labute approximate surface area is 142 Å². The van der Waals surface area contributed by atoms with Gasteiger partial charge < -0.3 is 5.32 Å². The van der Waals surface area contributed by atoms with Gasteiger partial charge in [-0.05, 0) is 17.7 Å². The average molecular weight is 340 g/mol. The summed E-state index contributed by atoms with van der Waals surface area (Å²) in [6, 6.07) is 13.2. The number of halogens is 2. The number of alkyl halides is 2. The van der Waals surface area contributed by atoms with Crippen molar-refractivity contribution in [3.05, 3.63) is 72.7 Å². The van der Waals surface area contributed by atoms with E-state index >= 15 is 0 Å². The lowest BCUT2D eigenvalue weighted by atomic mass is 9.94. The van der Waals surface area contributed by atoms with Crippen molar-refractivity contribution in [1.29, 1.82) is 0 Å². The van der Waals surface area contributed by atoms with Crippen LogP contribution in [0.2, 0.25) is 0 Å². The van der Waals surface area contributed by atoms with Crippen LogP contribution in [0, 0.1) is 0 Å². The Morgan fingerprint density at radius 3 is 2.40 bits per heavy atom. The Hall–Kier alpha value is -3.09. The van der Waals surface area contributed by atoms with Gasteiger partial charge in [-0.2, -0.15) is 5.10 Å². The van der Waals surface area contributed by atoms with Gasteiger partial charge in [0.1, 0.15) is 5.41 Å². The molecule has 1 N–H and O–H groups in total. The molecule has 25 heavy (non-hydrogen) atoms. The number of nitrogens with zero attached hydrogens (tertiary/aromatic N) is 3. The molecule has 3 aromatic rings. The SMILES string of the molecule is O=C(Nc1ccn(-c2ccncc2)n1)C1(c2ccccc2)CC1(F)F. The number of pyridine rings is 1. The minimum absolute atomic E-state index is 0.222. The van der Waals surface area contributed by atoms with Crippen LogP contribution in [0.4, 0.5) is 14.6 Å². The van der Waals surface area contributed by atoms with E-state index in [4.69, 9.17) is 0 Å². The predicted octanol–water partition coefficient (Wildman–Crippen LogP) is 3.18. The summed E-state index contributed by atoms with van der Waals surface area (Å²) in [6.07, 6.45) is 4.38. The van der Waals surface area contributed by atoms with Crippen LogP contribution in [0.15, 0.2) is 67.1 Å². The maximum atomic E-state index is 14.1. The normalized spacial score (nSPS) is 20.9. The Morgan fingerprint density at radius 1 is 1.08 bits per heavy atom. The van der Waals surface area contributed by atoms with Crippen molar-refractivity contribution in [2.45, 2.75) is 17.8 Å². The molecule has 1 aliphatic rings. The van der Waals surface area contributed by atoms with E-state index in [1.165, 1.54) is 4.68 Å². The minimum Gasteiger partial charge on any atom is -0.308 e. The van der Waals surface area contributed by atoms with Crippen molar-refractivity contribution in [2.24, 2.45) is 0 Å². The fraction of sp³-hybridized carbons (Fsp3) is 0.167. The second kappa shape index (κ2) is 5.47. The Morgan fingerprint density at radius 2 is 1.76 bits per heavy atom. The number of aromatic nitrogens is 3. The highest BCUT2D eigenvalue weighted by Gasteiger charge is 2.76. The number of carbonyl (C=O) groups excluding carboxylic acids is 1. The summed E-state index contributed by atoms with van der Waals surface area (Å²) in [7, 11) is 0. The highest BCUT2D eigenvalue weighted by Crippen LogP contribution is 2.62. The van der Waals surface area contributed by atoms with Crippen molar-refractivity contribution in [2.75, 3.05) is 5.32 Å². The summed E-state index contributed by atoms with van der Waals surface area (Å²) in [5.41, 5.74) is -0.759. The monoisotopic (exact) mass is 340 g/mol. The summed E-state index contributed by atoms with van der Waals surface area (Å²) >= 11 is 0. The lowest BCUT2D eigenvalue weighted by Crippen LogP contribution is -2.33. The van der Waals surface area contributed by atoms with E-state index in [9.17, 15) is 13.6 Å². The first-order valence-electron chi connectivity index (χ1n) is 7.74. The van der Waals surface area contributed by atoms with Crippen molar-refractivity contribution in [1.82, 2.24) is 14.8 Å². The molecule has 1 aromatic carbocycles. The van der Waals surface area contributed by atoms with Crippen LogP contribution in [0.3, 0.4) is 0 Å². The molecule has 1 saturated carbocycles. The quantitative estimate of drug-likeness (QED) is 0.793. The molecule has 1 aliphatic carbocycles. The van der Waals surface area contributed by atoms with Gasteiger partial charge in [-0.15, -0.1) is 0 Å². The molecule has 1 amide bonds. The highest BCUT2D eigenvalue weighted by atomic mass is 19.3. The molecular formula is C18H14F2N4O. The van der Waals surface area contributed by atoms with Gasteiger partial charge >= 0.3 is 0 Å². The fourth-order valence-corrected chi connectivity index (χ4v) is 2.96. The molecule has 126 valence electrons. The molecule has 4 rings (SSSR count). The van der Waals surface area contributed by atoms with E-state index in [-0.39, 0.29) is 5.82 Å². The zero-order valence-corrected chi connectivity index (χ0v) is 13.1. The molecule has 0 spiro atoms. The molecule has 1 fully saturated rings. The van der Waals surface area contributed by atoms with Crippen LogP contribution < -0.4 is 5.32 Å². The topological polar surface area (TPSA) is 59.8 Å². The van der Waals surface area contributed by atoms with E-state index in [0.717, 1.165) is 5.69 Å². The maximum Gasteiger partial charge on any atom is 0.268 e. The summed E-state index contributed by atoms with van der Waals surface area (Å²) < 4.78 is 29.7. The molecule has 2 heterocycles. The van der Waals surface area contributed by atoms with Gasteiger partial charge in [-0.3, -0.25) is 9.78 Å². The third kappa shape index (κ3) is 2.48. The first-order valence-corrected chi connectivity index (χ1v) is 7.74. The van der Waals surface area contributed by atoms with Gasteiger partial charge in [-0.25, -0.2) is 13.5 Å². The first kappa shape index (κ1) is 15.4. The summed E-state index contributed by atoms with van der Waals surface area (Å²) in [5, 5.41) is 6.74. The number of rotatable bonds is 4. The smallest absolute Gasteiger partial charge is 0.268 e. The Balaban J connectivity index is 1.59. The van der Waals surface area contributed by atoms with Crippen molar-refractivity contribution >= 4 is 11.7 Å². The summed E-state index contributed by atoms with van der Waals surface area (Å²) in [6.45, 7) is 0. The van der Waals surface area contributed by atoms with Crippen LogP contribution in [-0.4, -0.2) is 26.6 Å². The summed E-state index contributed by atoms with van der Waals surface area (Å²) in [4.78, 5) is 16.5. The lowest BCUT2D eigenvalue weighted by Gasteiger charge is -2.15. The molecule has 1 unspecified atom stereocenters. The zero-order valence-electron chi connectivity index (χ0n) is 13.1. The molecule has 0 radical (unpaired) electrons. The average Bonchev–Trinajstić information content (AvgIpc) is 2.98. The van der Waals surface area contributed by atoms with E-state index in [2.05, 4.69) is 15.4 Å². The lowest BCUT2D eigenvalue weighted by molar-refractivity contribution is -0.121. The van der Waals surface area contributed by atoms with Gasteiger partial charge in [-0.1, -0.05) is 30.3 Å². The van der Waals surface area contributed by atoms with Gasteiger partial charge in [0, 0.05) is 31.1 Å². The van der Waals surface area contributed by atoms with Crippen LogP contribution in [0.25, 0.3) is 5.69 Å². The predicted molar refractivity (Wildman–Crippen MR) is 87.7 cm³/mol. The second-order valence-electron chi connectivity index (χ2n) is 5.96. The number of nitrogens with one attached hydrogen (secondary N) is 1. The molecule has 1 atom stereocenters. The van der Waals surface area contributed by atoms with Crippen molar-refractivity contribution in [3.8, 4) is 5.69 Å². The number of hydrogen-bond donors (Lipinski definition) is 1. The number of amides is 1. The van der Waals surface area contributed by atoms with Crippen molar-refractivity contribution < 1.29 is 13.6 Å². The van der Waals surface area contributed by atoms with Crippen molar-refractivity contribution in [3.63, 3.8) is 0 Å². The molecular weight excluding hydrogens is 326 g/mol. The van der Waals surface area contributed by atoms with E-state index < -0.39 is 23.7 Å². The first-order chi connectivity index (χ1) is 12.0. The molecule has 0 bridgehead atoms. The highest BCUT2D eigenvalue weighted by molar-refractivity contribution is 6.02. The van der Waals surface area contributed by atoms with Gasteiger partial charge in [0.05, 0.1) is 5.69 Å². The molecule has 0 saturated heterocycles. The largest absolute Gasteiger partial charge is 0.308 e. The number of benzene rings is 1. The fourth-order valence-electron chi connectivity index (χ4n) is 2.96. The van der Waals surface area contributed by atoms with Crippen LogP contribution in [0.5, 0.6) is 0 Å². The number of carbonyl (C=O) groups is 1. The maximum absolute atomic E-state index is 14.1. The standard InChI is InChI=1S/C18H14F2N4O/c19-18(20)12-17(18,13-4-2-1-3-5-13)16(25)22-15-8-11-24(23-15)14-6-9-21-10-7-14/h1-11H,12H2,(H,22,23,25). The molecule has 7 heteroatoms. The Kier molecular flexibility index (Phi) is 3.38. The number of hydrogen-bond acceptors (Lipinski definition) is 3. The molecule has 5 nitrogen and oxygen atoms in total. The van der Waals surface area contributed by atoms with Gasteiger partial charge in [0.25, 0.3) is 5.92 Å². The van der Waals surface area contributed by atoms with E-state index in [1.807, 2.05) is 0 Å². The van der Waals surface area contributed by atoms with Gasteiger partial charge in [0.15, 0.2) is 5.82 Å². The third-order valence-corrected chi connectivity index (χ3v) is 4.40. The number of anilines is 1. The molecule has 2 aromatic heterocycles. The zero-order chi connectivity index (χ0) is 17.5. The third-order valence-electron chi connectivity index (χ3n) is 4.40. The Bertz CT molecular complexity index is 911. The summed E-state index contributed by atoms with van der Waals surface area (Å²) in [5.74, 6) is -3.59. The van der Waals surface area contributed by atoms with Crippen LogP contribution >= 0.6 is 0 Å². The second-order valence-corrected chi connectivity index (χ2v) is 5.96. The minimum atomic E-state index is -3.06. The van der Waals surface area contributed by atoms with Crippen LogP contribution in [0.1, 0.15) is 12.0 Å². The van der Waals surface area contributed by atoms with E-state index in [1.54, 1.807) is 67.1 Å². The van der Waals surface area contributed by atoms with E-state index in [0.29, 0.717) is 5.56 Å².